The maximum absolute atomic E-state index is 11.2. The molecular formula is C9H15NO4S. The molecule has 0 aliphatic heterocycles. The second-order valence-corrected chi connectivity index (χ2v) is 4.20. The maximum Gasteiger partial charge on any atom is 0.343 e. The van der Waals surface area contributed by atoms with Crippen LogP contribution in [-0.2, 0) is 9.53 Å². The zero-order valence-corrected chi connectivity index (χ0v) is 9.71. The zero-order chi connectivity index (χ0) is 11.8. The maximum atomic E-state index is 11.2. The molecule has 15 heavy (non-hydrogen) atoms. The fraction of sp³-hybridized carbons (Fsp3) is 0.667. The number of nitro groups is 1. The standard InChI is InChI=1S/C9H15NO4S/c1-4-8(6-10(12)13)15-7(3)9(11)14-5-2/h8H,3-6H2,1-2H3. The number of hydrogen-bond acceptors (Lipinski definition) is 5. The average Bonchev–Trinajstić information content (AvgIpc) is 2.16. The van der Waals surface area contributed by atoms with Crippen molar-refractivity contribution >= 4 is 17.7 Å². The molecule has 5 nitrogen and oxygen atoms in total. The van der Waals surface area contributed by atoms with Crippen molar-refractivity contribution in [2.45, 2.75) is 25.5 Å². The van der Waals surface area contributed by atoms with Crippen LogP contribution in [0, 0.1) is 10.1 Å². The van der Waals surface area contributed by atoms with E-state index in [2.05, 4.69) is 6.58 Å². The van der Waals surface area contributed by atoms with E-state index in [4.69, 9.17) is 4.74 Å². The molecule has 0 fully saturated rings. The summed E-state index contributed by atoms with van der Waals surface area (Å²) in [4.78, 5) is 21.3. The van der Waals surface area contributed by atoms with Gasteiger partial charge >= 0.3 is 5.97 Å². The molecule has 0 aromatic rings. The Balaban J connectivity index is 4.11. The first-order chi connectivity index (χ1) is 7.01. The van der Waals surface area contributed by atoms with E-state index in [0.717, 1.165) is 11.8 Å². The van der Waals surface area contributed by atoms with Gasteiger partial charge in [0.05, 0.1) is 16.8 Å². The molecule has 0 N–H and O–H groups in total. The third kappa shape index (κ3) is 6.11. The summed E-state index contributed by atoms with van der Waals surface area (Å²) in [5.74, 6) is -0.496. The van der Waals surface area contributed by atoms with Gasteiger partial charge in [-0.2, -0.15) is 0 Å². The Hall–Kier alpha value is -1.04. The Kier molecular flexibility index (Phi) is 6.77. The number of ether oxygens (including phenoxy) is 1. The van der Waals surface area contributed by atoms with Gasteiger partial charge in [-0.05, 0) is 13.3 Å². The SMILES string of the molecule is C=C(SC(CC)C[N+](=O)[O-])C(=O)OCC. The number of carbonyl (C=O) groups is 1. The van der Waals surface area contributed by atoms with Crippen molar-refractivity contribution in [3.05, 3.63) is 21.6 Å². The smallest absolute Gasteiger partial charge is 0.343 e. The lowest BCUT2D eigenvalue weighted by molar-refractivity contribution is -0.479. The molecule has 0 amide bonds. The molecule has 0 saturated carbocycles. The van der Waals surface area contributed by atoms with Gasteiger partial charge in [-0.25, -0.2) is 4.79 Å². The third-order valence-corrected chi connectivity index (χ3v) is 2.89. The molecule has 6 heteroatoms. The van der Waals surface area contributed by atoms with Gasteiger partial charge in [0.25, 0.3) is 0 Å². The first kappa shape index (κ1) is 14.0. The minimum absolute atomic E-state index is 0.167. The van der Waals surface area contributed by atoms with Gasteiger partial charge in [0.2, 0.25) is 6.54 Å². The van der Waals surface area contributed by atoms with Crippen LogP contribution in [0.4, 0.5) is 0 Å². The van der Waals surface area contributed by atoms with Crippen LogP contribution in [0.1, 0.15) is 20.3 Å². The summed E-state index contributed by atoms with van der Waals surface area (Å²) in [6.07, 6.45) is 0.615. The number of carbonyl (C=O) groups excluding carboxylic acids is 1. The molecule has 1 unspecified atom stereocenters. The second-order valence-electron chi connectivity index (χ2n) is 2.81. The van der Waals surface area contributed by atoms with Crippen molar-refractivity contribution in [3.8, 4) is 0 Å². The third-order valence-electron chi connectivity index (χ3n) is 1.62. The first-order valence-corrected chi connectivity index (χ1v) is 5.53. The Morgan fingerprint density at radius 2 is 2.20 bits per heavy atom. The van der Waals surface area contributed by atoms with Crippen LogP contribution in [-0.4, -0.2) is 29.3 Å². The molecule has 0 aliphatic rings. The molecule has 0 heterocycles. The van der Waals surface area contributed by atoms with Gasteiger partial charge in [-0.15, -0.1) is 11.8 Å². The first-order valence-electron chi connectivity index (χ1n) is 4.65. The van der Waals surface area contributed by atoms with Crippen molar-refractivity contribution in [1.29, 1.82) is 0 Å². The minimum atomic E-state index is -0.496. The van der Waals surface area contributed by atoms with Gasteiger partial charge in [0.1, 0.15) is 0 Å². The normalized spacial score (nSPS) is 11.9. The summed E-state index contributed by atoms with van der Waals surface area (Å²) >= 11 is 1.11. The summed E-state index contributed by atoms with van der Waals surface area (Å²) < 4.78 is 4.72. The molecule has 0 saturated heterocycles. The fourth-order valence-corrected chi connectivity index (χ4v) is 1.80. The van der Waals surface area contributed by atoms with Crippen molar-refractivity contribution in [3.63, 3.8) is 0 Å². The average molecular weight is 233 g/mol. The van der Waals surface area contributed by atoms with Crippen molar-refractivity contribution < 1.29 is 14.5 Å². The molecule has 0 aliphatic carbocycles. The van der Waals surface area contributed by atoms with Crippen LogP contribution in [0.2, 0.25) is 0 Å². The van der Waals surface area contributed by atoms with Gasteiger partial charge in [0, 0.05) is 4.92 Å². The van der Waals surface area contributed by atoms with E-state index in [-0.39, 0.29) is 28.2 Å². The zero-order valence-electron chi connectivity index (χ0n) is 8.89. The lowest BCUT2D eigenvalue weighted by Gasteiger charge is -2.10. The summed E-state index contributed by atoms with van der Waals surface area (Å²) in [5, 5.41) is 10.1. The van der Waals surface area contributed by atoms with Crippen molar-refractivity contribution in [1.82, 2.24) is 0 Å². The molecular weight excluding hydrogens is 218 g/mol. The molecule has 86 valence electrons. The van der Waals surface area contributed by atoms with Crippen LogP contribution in [0.3, 0.4) is 0 Å². The van der Waals surface area contributed by atoms with E-state index in [9.17, 15) is 14.9 Å². The van der Waals surface area contributed by atoms with Crippen LogP contribution in [0.25, 0.3) is 0 Å². The van der Waals surface area contributed by atoms with Crippen LogP contribution in [0.15, 0.2) is 11.5 Å². The second kappa shape index (κ2) is 7.28. The highest BCUT2D eigenvalue weighted by molar-refractivity contribution is 8.04. The van der Waals surface area contributed by atoms with Gasteiger partial charge in [-0.3, -0.25) is 10.1 Å². The molecule has 0 rings (SSSR count). The summed E-state index contributed by atoms with van der Waals surface area (Å²) in [6.45, 7) is 7.18. The summed E-state index contributed by atoms with van der Waals surface area (Å²) in [6, 6.07) is 0. The highest BCUT2D eigenvalue weighted by Gasteiger charge is 2.19. The quantitative estimate of drug-likeness (QED) is 0.290. The largest absolute Gasteiger partial charge is 0.462 e. The highest BCUT2D eigenvalue weighted by Crippen LogP contribution is 2.23. The summed E-state index contributed by atoms with van der Waals surface area (Å²) in [5.41, 5.74) is 0. The Bertz CT molecular complexity index is 254. The van der Waals surface area contributed by atoms with Crippen LogP contribution >= 0.6 is 11.8 Å². The molecule has 1 atom stereocenters. The lowest BCUT2D eigenvalue weighted by atomic mass is 10.3. The number of esters is 1. The molecule has 0 aromatic carbocycles. The van der Waals surface area contributed by atoms with Crippen molar-refractivity contribution in [2.75, 3.05) is 13.2 Å². The van der Waals surface area contributed by atoms with E-state index in [0.29, 0.717) is 6.42 Å². The minimum Gasteiger partial charge on any atom is -0.462 e. The Labute approximate surface area is 93.0 Å². The number of nitrogens with zero attached hydrogens (tertiary/aromatic N) is 1. The van der Waals surface area contributed by atoms with Gasteiger partial charge < -0.3 is 4.74 Å². The number of hydrogen-bond donors (Lipinski definition) is 0. The molecule has 0 bridgehead atoms. The number of rotatable bonds is 7. The topological polar surface area (TPSA) is 69.4 Å². The molecule has 0 radical (unpaired) electrons. The molecule has 0 spiro atoms. The number of thioether (sulfide) groups is 1. The highest BCUT2D eigenvalue weighted by atomic mass is 32.2. The molecule has 0 aromatic heterocycles. The van der Waals surface area contributed by atoms with Crippen LogP contribution < -0.4 is 0 Å². The van der Waals surface area contributed by atoms with E-state index < -0.39 is 5.97 Å². The van der Waals surface area contributed by atoms with Gasteiger partial charge in [0.15, 0.2) is 0 Å². The Morgan fingerprint density at radius 3 is 2.60 bits per heavy atom. The van der Waals surface area contributed by atoms with E-state index in [1.807, 2.05) is 6.92 Å². The fourth-order valence-electron chi connectivity index (χ4n) is 0.877. The van der Waals surface area contributed by atoms with Crippen molar-refractivity contribution in [2.24, 2.45) is 0 Å². The van der Waals surface area contributed by atoms with E-state index in [1.165, 1.54) is 0 Å². The van der Waals surface area contributed by atoms with Gasteiger partial charge in [-0.1, -0.05) is 13.5 Å². The van der Waals surface area contributed by atoms with Crippen LogP contribution in [0.5, 0.6) is 0 Å². The van der Waals surface area contributed by atoms with E-state index in [1.54, 1.807) is 6.92 Å². The predicted octanol–water partition coefficient (Wildman–Crippen LogP) is 1.85. The monoisotopic (exact) mass is 233 g/mol. The Morgan fingerprint density at radius 1 is 1.60 bits per heavy atom. The predicted molar refractivity (Wildman–Crippen MR) is 59.3 cm³/mol. The summed E-state index contributed by atoms with van der Waals surface area (Å²) in [7, 11) is 0. The lowest BCUT2D eigenvalue weighted by Crippen LogP contribution is -2.17. The van der Waals surface area contributed by atoms with E-state index >= 15 is 0 Å².